The number of hydrogen-bond acceptors (Lipinski definition) is 5. The van der Waals surface area contributed by atoms with Crippen molar-refractivity contribution in [1.29, 1.82) is 0 Å². The molecule has 0 aromatic heterocycles. The van der Waals surface area contributed by atoms with Crippen molar-refractivity contribution in [1.82, 2.24) is 16.0 Å². The molecule has 3 atom stereocenters. The van der Waals surface area contributed by atoms with E-state index in [1.54, 1.807) is 0 Å². The van der Waals surface area contributed by atoms with Crippen LogP contribution in [0.2, 0.25) is 0 Å². The van der Waals surface area contributed by atoms with E-state index >= 15 is 0 Å². The van der Waals surface area contributed by atoms with Gasteiger partial charge >= 0.3 is 0 Å². The van der Waals surface area contributed by atoms with E-state index in [9.17, 15) is 19.2 Å². The molecule has 0 aliphatic rings. The van der Waals surface area contributed by atoms with Crippen molar-refractivity contribution in [3.05, 3.63) is 35.9 Å². The summed E-state index contributed by atoms with van der Waals surface area (Å²) in [4.78, 5) is 48.8. The molecule has 1 aromatic carbocycles. The van der Waals surface area contributed by atoms with Gasteiger partial charge in [-0.3, -0.25) is 14.4 Å². The third-order valence-electron chi connectivity index (χ3n) is 4.78. The molecule has 0 spiro atoms. The summed E-state index contributed by atoms with van der Waals surface area (Å²) in [6, 6.07) is 7.09. The monoisotopic (exact) mass is 432 g/mol. The van der Waals surface area contributed by atoms with Gasteiger partial charge < -0.3 is 26.5 Å². The summed E-state index contributed by atoms with van der Waals surface area (Å²) in [7, 11) is 0. The molecule has 0 radical (unpaired) electrons. The molecule has 0 saturated heterocycles. The molecule has 0 heterocycles. The van der Waals surface area contributed by atoms with Gasteiger partial charge in [-0.15, -0.1) is 0 Å². The summed E-state index contributed by atoms with van der Waals surface area (Å²) in [6.07, 6.45) is 3.41. The summed E-state index contributed by atoms with van der Waals surface area (Å²) < 4.78 is 0. The number of unbranched alkanes of at least 4 members (excludes halogenated alkanes) is 1. The highest BCUT2D eigenvalue weighted by Crippen LogP contribution is 2.09. The Labute approximate surface area is 184 Å². The van der Waals surface area contributed by atoms with E-state index in [1.807, 2.05) is 44.2 Å². The van der Waals surface area contributed by atoms with Crippen LogP contribution in [-0.4, -0.2) is 48.7 Å². The van der Waals surface area contributed by atoms with Gasteiger partial charge in [-0.1, -0.05) is 44.2 Å². The lowest BCUT2D eigenvalue weighted by atomic mass is 10.0. The number of carbonyl (C=O) groups excluding carboxylic acids is 4. The van der Waals surface area contributed by atoms with E-state index in [0.29, 0.717) is 32.1 Å². The second-order valence-electron chi connectivity index (χ2n) is 8.17. The van der Waals surface area contributed by atoms with Crippen molar-refractivity contribution < 1.29 is 19.2 Å². The lowest BCUT2D eigenvalue weighted by Gasteiger charge is -2.25. The number of hydrogen-bond donors (Lipinski definition) is 4. The zero-order chi connectivity index (χ0) is 23.2. The van der Waals surface area contributed by atoms with Crippen LogP contribution in [0, 0.1) is 5.92 Å². The molecule has 0 fully saturated rings. The summed E-state index contributed by atoms with van der Waals surface area (Å²) in [6.45, 7) is 5.76. The van der Waals surface area contributed by atoms with Crippen molar-refractivity contribution in [3.8, 4) is 0 Å². The molecule has 31 heavy (non-hydrogen) atoms. The topological polar surface area (TPSA) is 130 Å². The molecule has 0 aliphatic carbocycles. The molecule has 8 heteroatoms. The Kier molecular flexibility index (Phi) is 12.1. The van der Waals surface area contributed by atoms with Gasteiger partial charge in [0.1, 0.15) is 18.4 Å². The number of aldehydes is 1. The van der Waals surface area contributed by atoms with Gasteiger partial charge in [0.2, 0.25) is 17.7 Å². The number of amides is 3. The molecule has 0 aliphatic heterocycles. The molecular formula is C23H36N4O4. The van der Waals surface area contributed by atoms with Crippen molar-refractivity contribution in [2.24, 2.45) is 11.7 Å². The largest absolute Gasteiger partial charge is 0.345 e. The van der Waals surface area contributed by atoms with Gasteiger partial charge in [-0.25, -0.2) is 0 Å². The van der Waals surface area contributed by atoms with Crippen molar-refractivity contribution in [2.45, 2.75) is 71.0 Å². The zero-order valence-electron chi connectivity index (χ0n) is 18.7. The first-order chi connectivity index (χ1) is 14.8. The molecule has 5 N–H and O–H groups in total. The predicted octanol–water partition coefficient (Wildman–Crippen LogP) is 1.08. The Hall–Kier alpha value is -2.74. The van der Waals surface area contributed by atoms with Crippen LogP contribution in [0.25, 0.3) is 0 Å². The van der Waals surface area contributed by atoms with E-state index in [4.69, 9.17) is 5.73 Å². The van der Waals surface area contributed by atoms with Gasteiger partial charge in [-0.2, -0.15) is 0 Å². The highest BCUT2D eigenvalue weighted by atomic mass is 16.2. The Balaban J connectivity index is 2.87. The average Bonchev–Trinajstić information content (AvgIpc) is 2.72. The minimum atomic E-state index is -0.811. The first kappa shape index (κ1) is 26.3. The molecule has 1 rings (SSSR count). The van der Waals surface area contributed by atoms with Crippen LogP contribution in [0.5, 0.6) is 0 Å². The van der Waals surface area contributed by atoms with Gasteiger partial charge in [0.15, 0.2) is 0 Å². The molecule has 1 aromatic rings. The normalized spacial score (nSPS) is 13.7. The van der Waals surface area contributed by atoms with Gasteiger partial charge in [0.05, 0.1) is 6.04 Å². The Morgan fingerprint density at radius 2 is 1.61 bits per heavy atom. The van der Waals surface area contributed by atoms with Crippen LogP contribution in [0.1, 0.15) is 52.0 Å². The third-order valence-corrected chi connectivity index (χ3v) is 4.78. The SMILES string of the molecule is CC(=O)N[C@@H](Cc1ccccc1)C(=O)N[C@@H](CC(C)C)C(=O)N[C@H](C=O)CCCCN. The van der Waals surface area contributed by atoms with Gasteiger partial charge in [0.25, 0.3) is 0 Å². The van der Waals surface area contributed by atoms with Gasteiger partial charge in [0, 0.05) is 13.3 Å². The van der Waals surface area contributed by atoms with Crippen LogP contribution in [0.3, 0.4) is 0 Å². The third kappa shape index (κ3) is 10.7. The minimum absolute atomic E-state index is 0.135. The zero-order valence-corrected chi connectivity index (χ0v) is 18.7. The van der Waals surface area contributed by atoms with Crippen LogP contribution >= 0.6 is 0 Å². The summed E-state index contributed by atoms with van der Waals surface area (Å²) in [5, 5.41) is 8.15. The molecule has 0 bridgehead atoms. The molecule has 0 saturated carbocycles. The fourth-order valence-corrected chi connectivity index (χ4v) is 3.25. The first-order valence-electron chi connectivity index (χ1n) is 10.8. The maximum Gasteiger partial charge on any atom is 0.243 e. The van der Waals surface area contributed by atoms with E-state index in [2.05, 4.69) is 16.0 Å². The summed E-state index contributed by atoms with van der Waals surface area (Å²) in [5.41, 5.74) is 6.37. The fourth-order valence-electron chi connectivity index (χ4n) is 3.25. The highest BCUT2D eigenvalue weighted by molar-refractivity contribution is 5.92. The fraction of sp³-hybridized carbons (Fsp3) is 0.565. The Morgan fingerprint density at radius 3 is 2.16 bits per heavy atom. The van der Waals surface area contributed by atoms with Crippen LogP contribution in [-0.2, 0) is 25.6 Å². The van der Waals surface area contributed by atoms with E-state index in [1.165, 1.54) is 6.92 Å². The standard InChI is InChI=1S/C23H36N4O4/c1-16(2)13-20(22(30)26-19(15-28)11-7-8-12-24)27-23(31)21(25-17(3)29)14-18-9-5-4-6-10-18/h4-6,9-10,15-16,19-21H,7-8,11-14,24H2,1-3H3,(H,25,29)(H,26,30)(H,27,31)/t19-,20-,21-/m0/s1. The lowest BCUT2D eigenvalue weighted by Crippen LogP contribution is -2.55. The number of rotatable bonds is 14. The Bertz CT molecular complexity index is 709. The quantitative estimate of drug-likeness (QED) is 0.258. The average molecular weight is 433 g/mol. The molecule has 172 valence electrons. The maximum absolute atomic E-state index is 13.0. The van der Waals surface area contributed by atoms with Crippen LogP contribution in [0.4, 0.5) is 0 Å². The smallest absolute Gasteiger partial charge is 0.243 e. The summed E-state index contributed by atoms with van der Waals surface area (Å²) >= 11 is 0. The molecular weight excluding hydrogens is 396 g/mol. The van der Waals surface area contributed by atoms with E-state index in [-0.39, 0.29) is 11.8 Å². The number of nitrogens with two attached hydrogens (primary N) is 1. The second-order valence-corrected chi connectivity index (χ2v) is 8.17. The lowest BCUT2D eigenvalue weighted by molar-refractivity contribution is -0.132. The number of carbonyl (C=O) groups is 4. The molecule has 3 amide bonds. The highest BCUT2D eigenvalue weighted by Gasteiger charge is 2.28. The number of nitrogens with one attached hydrogen (secondary N) is 3. The first-order valence-corrected chi connectivity index (χ1v) is 10.8. The van der Waals surface area contributed by atoms with E-state index < -0.39 is 29.9 Å². The Morgan fingerprint density at radius 1 is 0.968 bits per heavy atom. The number of benzene rings is 1. The van der Waals surface area contributed by atoms with Crippen molar-refractivity contribution in [2.75, 3.05) is 6.54 Å². The molecule has 0 unspecified atom stereocenters. The predicted molar refractivity (Wildman–Crippen MR) is 120 cm³/mol. The van der Waals surface area contributed by atoms with E-state index in [0.717, 1.165) is 18.4 Å². The second kappa shape index (κ2) is 14.3. The molecule has 8 nitrogen and oxygen atoms in total. The van der Waals surface area contributed by atoms with Crippen LogP contribution < -0.4 is 21.7 Å². The maximum atomic E-state index is 13.0. The van der Waals surface area contributed by atoms with Crippen molar-refractivity contribution >= 4 is 24.0 Å². The summed E-state index contributed by atoms with van der Waals surface area (Å²) in [5.74, 6) is -1.04. The minimum Gasteiger partial charge on any atom is -0.345 e. The van der Waals surface area contributed by atoms with Crippen molar-refractivity contribution in [3.63, 3.8) is 0 Å². The van der Waals surface area contributed by atoms with Crippen LogP contribution in [0.15, 0.2) is 30.3 Å². The van der Waals surface area contributed by atoms with Gasteiger partial charge in [-0.05, 0) is 43.7 Å².